The normalized spacial score (nSPS) is 24.8. The molecule has 1 aliphatic heterocycles. The molecule has 136 valence electrons. The molecule has 2 aliphatic rings. The second-order valence-corrected chi connectivity index (χ2v) is 7.55. The molecule has 1 saturated carbocycles. The molecule has 2 fully saturated rings. The number of rotatable bonds is 2. The number of hydrogen-bond acceptors (Lipinski definition) is 3. The van der Waals surface area contributed by atoms with Gasteiger partial charge in [0.2, 0.25) is 5.91 Å². The third kappa shape index (κ3) is 2.78. The lowest BCUT2D eigenvalue weighted by molar-refractivity contribution is -0.130. The lowest BCUT2D eigenvalue weighted by Crippen LogP contribution is -2.34. The predicted molar refractivity (Wildman–Crippen MR) is 105 cm³/mol. The lowest BCUT2D eigenvalue weighted by Gasteiger charge is -2.18. The lowest BCUT2D eigenvalue weighted by atomic mass is 9.98. The maximum absolute atomic E-state index is 12.7. The first kappa shape index (κ1) is 17.4. The van der Waals surface area contributed by atoms with Gasteiger partial charge in [-0.25, -0.2) is 0 Å². The van der Waals surface area contributed by atoms with E-state index in [2.05, 4.69) is 18.2 Å². The van der Waals surface area contributed by atoms with Crippen LogP contribution in [0, 0.1) is 11.8 Å². The van der Waals surface area contributed by atoms with Crippen LogP contribution in [0.3, 0.4) is 0 Å². The van der Waals surface area contributed by atoms with Gasteiger partial charge in [0, 0.05) is 24.5 Å². The average molecular weight is 371 g/mol. The predicted octanol–water partition coefficient (Wildman–Crippen LogP) is 3.75. The Morgan fingerprint density at radius 3 is 2.81 bits per heavy atom. The molecule has 1 amide bonds. The van der Waals surface area contributed by atoms with Crippen LogP contribution >= 0.6 is 12.4 Å². The van der Waals surface area contributed by atoms with Crippen LogP contribution in [0.15, 0.2) is 46.9 Å². The van der Waals surface area contributed by atoms with Gasteiger partial charge in [0.15, 0.2) is 0 Å². The van der Waals surface area contributed by atoms with E-state index in [-0.39, 0.29) is 24.4 Å². The van der Waals surface area contributed by atoms with Crippen LogP contribution in [0.1, 0.15) is 18.6 Å². The SMILES string of the molecule is Cl.NC1CCC2CN(C(=O)Cc3cc4c(ccc5ccccc54)o3)CC12. The minimum Gasteiger partial charge on any atom is -0.461 e. The summed E-state index contributed by atoms with van der Waals surface area (Å²) in [6, 6.07) is 14.6. The summed E-state index contributed by atoms with van der Waals surface area (Å²) in [5.74, 6) is 1.99. The van der Waals surface area contributed by atoms with Crippen molar-refractivity contribution in [1.29, 1.82) is 0 Å². The van der Waals surface area contributed by atoms with Crippen LogP contribution in [-0.2, 0) is 11.2 Å². The fourth-order valence-corrected chi connectivity index (χ4v) is 4.70. The van der Waals surface area contributed by atoms with E-state index in [4.69, 9.17) is 10.2 Å². The average Bonchev–Trinajstić information content (AvgIpc) is 3.30. The molecule has 5 rings (SSSR count). The first-order valence-electron chi connectivity index (χ1n) is 9.12. The van der Waals surface area contributed by atoms with Crippen molar-refractivity contribution in [1.82, 2.24) is 4.90 Å². The molecule has 0 bridgehead atoms. The highest BCUT2D eigenvalue weighted by Gasteiger charge is 2.42. The molecular weight excluding hydrogens is 348 g/mol. The Morgan fingerprint density at radius 1 is 1.12 bits per heavy atom. The van der Waals surface area contributed by atoms with E-state index in [1.165, 1.54) is 10.8 Å². The van der Waals surface area contributed by atoms with Gasteiger partial charge in [0.05, 0.1) is 6.42 Å². The maximum Gasteiger partial charge on any atom is 0.230 e. The summed E-state index contributed by atoms with van der Waals surface area (Å²) in [7, 11) is 0. The van der Waals surface area contributed by atoms with Crippen molar-refractivity contribution < 1.29 is 9.21 Å². The Bertz CT molecular complexity index is 967. The Morgan fingerprint density at radius 2 is 1.96 bits per heavy atom. The maximum atomic E-state index is 12.7. The van der Waals surface area contributed by atoms with Crippen LogP contribution in [0.2, 0.25) is 0 Å². The van der Waals surface area contributed by atoms with Gasteiger partial charge in [0.1, 0.15) is 11.3 Å². The van der Waals surface area contributed by atoms with Crippen molar-refractivity contribution in [2.24, 2.45) is 17.6 Å². The van der Waals surface area contributed by atoms with Crippen LogP contribution in [0.25, 0.3) is 21.7 Å². The second kappa shape index (κ2) is 6.60. The molecule has 0 radical (unpaired) electrons. The molecule has 1 saturated heterocycles. The minimum atomic E-state index is 0. The molecule has 0 spiro atoms. The van der Waals surface area contributed by atoms with Crippen molar-refractivity contribution in [3.8, 4) is 0 Å². The smallest absolute Gasteiger partial charge is 0.230 e. The highest BCUT2D eigenvalue weighted by molar-refractivity contribution is 6.06. The molecule has 1 aliphatic carbocycles. The Hall–Kier alpha value is -2.04. The van der Waals surface area contributed by atoms with Gasteiger partial charge in [-0.1, -0.05) is 30.3 Å². The van der Waals surface area contributed by atoms with E-state index in [0.717, 1.165) is 42.7 Å². The van der Waals surface area contributed by atoms with Gasteiger partial charge in [0.25, 0.3) is 0 Å². The van der Waals surface area contributed by atoms with E-state index >= 15 is 0 Å². The highest BCUT2D eigenvalue weighted by atomic mass is 35.5. The number of fused-ring (bicyclic) bond motifs is 4. The van der Waals surface area contributed by atoms with Crippen molar-refractivity contribution in [2.75, 3.05) is 13.1 Å². The molecular formula is C21H23ClN2O2. The monoisotopic (exact) mass is 370 g/mol. The number of nitrogens with two attached hydrogens (primary N) is 1. The summed E-state index contributed by atoms with van der Waals surface area (Å²) < 4.78 is 5.95. The van der Waals surface area contributed by atoms with Gasteiger partial charge in [-0.15, -0.1) is 12.4 Å². The summed E-state index contributed by atoms with van der Waals surface area (Å²) in [4.78, 5) is 14.7. The summed E-state index contributed by atoms with van der Waals surface area (Å²) in [5, 5.41) is 3.44. The van der Waals surface area contributed by atoms with Crippen molar-refractivity contribution in [3.63, 3.8) is 0 Å². The minimum absolute atomic E-state index is 0. The largest absolute Gasteiger partial charge is 0.461 e. The molecule has 2 heterocycles. The fraction of sp³-hybridized carbons (Fsp3) is 0.381. The van der Waals surface area contributed by atoms with Crippen LogP contribution in [0.5, 0.6) is 0 Å². The van der Waals surface area contributed by atoms with Crippen molar-refractivity contribution >= 4 is 40.1 Å². The zero-order valence-corrected chi connectivity index (χ0v) is 15.4. The molecule has 2 aromatic carbocycles. The summed E-state index contributed by atoms with van der Waals surface area (Å²) >= 11 is 0. The number of nitrogens with zero attached hydrogens (tertiary/aromatic N) is 1. The highest BCUT2D eigenvalue weighted by Crippen LogP contribution is 2.37. The Balaban J connectivity index is 0.00000168. The van der Waals surface area contributed by atoms with Crippen LogP contribution < -0.4 is 5.73 Å². The van der Waals surface area contributed by atoms with E-state index < -0.39 is 0 Å². The fourth-order valence-electron chi connectivity index (χ4n) is 4.70. The molecule has 5 heteroatoms. The van der Waals surface area contributed by atoms with Gasteiger partial charge in [-0.2, -0.15) is 0 Å². The van der Waals surface area contributed by atoms with Gasteiger partial charge in [-0.05, 0) is 47.6 Å². The standard InChI is InChI=1S/C21H22N2O2.ClH/c22-19-7-5-14-11-23(12-18(14)19)21(24)10-15-9-17-16-4-2-1-3-13(16)6-8-20(17)25-15;/h1-4,6,8-9,14,18-19H,5,7,10-12,22H2;1H. The first-order chi connectivity index (χ1) is 12.2. The van der Waals surface area contributed by atoms with Gasteiger partial charge < -0.3 is 15.1 Å². The van der Waals surface area contributed by atoms with Crippen molar-refractivity contribution in [3.05, 3.63) is 48.2 Å². The van der Waals surface area contributed by atoms with E-state index in [1.54, 1.807) is 0 Å². The summed E-state index contributed by atoms with van der Waals surface area (Å²) in [6.45, 7) is 1.67. The number of likely N-dealkylation sites (tertiary alicyclic amines) is 1. The Kier molecular flexibility index (Phi) is 4.41. The van der Waals surface area contributed by atoms with Crippen LogP contribution in [-0.4, -0.2) is 29.9 Å². The molecule has 1 aromatic heterocycles. The van der Waals surface area contributed by atoms with E-state index in [0.29, 0.717) is 18.3 Å². The Labute approximate surface area is 158 Å². The topological polar surface area (TPSA) is 59.5 Å². The third-order valence-electron chi connectivity index (χ3n) is 6.07. The quantitative estimate of drug-likeness (QED) is 0.747. The van der Waals surface area contributed by atoms with Gasteiger partial charge >= 0.3 is 0 Å². The number of carbonyl (C=O) groups is 1. The van der Waals surface area contributed by atoms with Gasteiger partial charge in [-0.3, -0.25) is 4.79 Å². The molecule has 4 nitrogen and oxygen atoms in total. The van der Waals surface area contributed by atoms with Crippen LogP contribution in [0.4, 0.5) is 0 Å². The molecule has 26 heavy (non-hydrogen) atoms. The first-order valence-corrected chi connectivity index (χ1v) is 9.12. The zero-order valence-electron chi connectivity index (χ0n) is 14.6. The number of amides is 1. The number of carbonyl (C=O) groups excluding carboxylic acids is 1. The molecule has 3 unspecified atom stereocenters. The summed E-state index contributed by atoms with van der Waals surface area (Å²) in [5.41, 5.74) is 7.03. The second-order valence-electron chi connectivity index (χ2n) is 7.55. The molecule has 3 atom stereocenters. The van der Waals surface area contributed by atoms with E-state index in [9.17, 15) is 4.79 Å². The number of furan rings is 1. The number of benzene rings is 2. The summed E-state index contributed by atoms with van der Waals surface area (Å²) in [6.07, 6.45) is 2.60. The third-order valence-corrected chi connectivity index (χ3v) is 6.07. The van der Waals surface area contributed by atoms with Crippen molar-refractivity contribution in [2.45, 2.75) is 25.3 Å². The number of halogens is 1. The zero-order chi connectivity index (χ0) is 17.0. The number of hydrogen-bond donors (Lipinski definition) is 1. The molecule has 2 N–H and O–H groups in total. The molecule has 3 aromatic rings. The van der Waals surface area contributed by atoms with E-state index in [1.807, 2.05) is 29.2 Å².